The van der Waals surface area contributed by atoms with E-state index in [1.165, 1.54) is 17.3 Å². The highest BCUT2D eigenvalue weighted by atomic mass is 32.2. The Kier molecular flexibility index (Phi) is 6.36. The third-order valence-corrected chi connectivity index (χ3v) is 5.17. The second-order valence-electron chi connectivity index (χ2n) is 6.77. The number of carbonyl (C=O) groups excluding carboxylic acids is 1. The summed E-state index contributed by atoms with van der Waals surface area (Å²) in [5, 5.41) is 11.9. The highest BCUT2D eigenvalue weighted by Gasteiger charge is 2.12. The molecule has 0 unspecified atom stereocenters. The number of nitrogens with one attached hydrogen (secondary N) is 1. The third kappa shape index (κ3) is 5.36. The van der Waals surface area contributed by atoms with Crippen LogP contribution in [0.1, 0.15) is 22.5 Å². The molecule has 6 nitrogen and oxygen atoms in total. The first-order valence-corrected chi connectivity index (χ1v) is 9.98. The van der Waals surface area contributed by atoms with Crippen molar-refractivity contribution in [2.24, 2.45) is 7.05 Å². The SMILES string of the molecule is Cc1ccc(OCc2nnc(SCC(=O)Nc3cc(C)cc(C)c3)n2C)cc1. The molecule has 0 bridgehead atoms. The van der Waals surface area contributed by atoms with E-state index in [0.717, 1.165) is 22.6 Å². The normalized spacial score (nSPS) is 10.7. The Bertz CT molecular complexity index is 947. The minimum atomic E-state index is -0.0737. The molecule has 28 heavy (non-hydrogen) atoms. The Morgan fingerprint density at radius 2 is 1.71 bits per heavy atom. The smallest absolute Gasteiger partial charge is 0.234 e. The van der Waals surface area contributed by atoms with Crippen molar-refractivity contribution in [2.45, 2.75) is 32.5 Å². The van der Waals surface area contributed by atoms with E-state index in [2.05, 4.69) is 21.6 Å². The van der Waals surface area contributed by atoms with Crippen LogP contribution in [0.15, 0.2) is 47.6 Å². The number of carbonyl (C=O) groups is 1. The number of amides is 1. The van der Waals surface area contributed by atoms with Crippen molar-refractivity contribution in [3.8, 4) is 5.75 Å². The van der Waals surface area contributed by atoms with Crippen LogP contribution in [0, 0.1) is 20.8 Å². The zero-order chi connectivity index (χ0) is 20.1. The molecule has 0 fully saturated rings. The summed E-state index contributed by atoms with van der Waals surface area (Å²) in [7, 11) is 1.87. The zero-order valence-corrected chi connectivity index (χ0v) is 17.3. The van der Waals surface area contributed by atoms with Gasteiger partial charge in [0, 0.05) is 12.7 Å². The Balaban J connectivity index is 1.53. The first kappa shape index (κ1) is 19.9. The molecule has 2 aromatic carbocycles. The van der Waals surface area contributed by atoms with E-state index in [1.54, 1.807) is 0 Å². The number of hydrogen-bond donors (Lipinski definition) is 1. The average molecular weight is 397 g/mol. The van der Waals surface area contributed by atoms with Gasteiger partial charge in [-0.3, -0.25) is 4.79 Å². The van der Waals surface area contributed by atoms with Gasteiger partial charge in [-0.15, -0.1) is 10.2 Å². The third-order valence-electron chi connectivity index (χ3n) is 4.15. The van der Waals surface area contributed by atoms with Crippen molar-refractivity contribution in [3.05, 3.63) is 65.0 Å². The average Bonchev–Trinajstić information content (AvgIpc) is 2.98. The van der Waals surface area contributed by atoms with Gasteiger partial charge in [-0.1, -0.05) is 35.5 Å². The molecule has 0 aliphatic carbocycles. The molecule has 0 spiro atoms. The van der Waals surface area contributed by atoms with Gasteiger partial charge in [0.1, 0.15) is 12.4 Å². The Labute approximate surface area is 169 Å². The summed E-state index contributed by atoms with van der Waals surface area (Å²) in [5.41, 5.74) is 4.24. The largest absolute Gasteiger partial charge is 0.486 e. The monoisotopic (exact) mass is 396 g/mol. The molecular weight excluding hydrogens is 372 g/mol. The van der Waals surface area contributed by atoms with Gasteiger partial charge in [0.05, 0.1) is 5.75 Å². The van der Waals surface area contributed by atoms with Gasteiger partial charge in [0.15, 0.2) is 11.0 Å². The topological polar surface area (TPSA) is 69.0 Å². The van der Waals surface area contributed by atoms with Crippen LogP contribution in [-0.4, -0.2) is 26.4 Å². The van der Waals surface area contributed by atoms with Crippen molar-refractivity contribution in [1.29, 1.82) is 0 Å². The molecule has 3 rings (SSSR count). The lowest BCUT2D eigenvalue weighted by atomic mass is 10.1. The number of ether oxygens (including phenoxy) is 1. The number of aromatic nitrogens is 3. The number of benzene rings is 2. The molecular formula is C21H24N4O2S. The first-order valence-electron chi connectivity index (χ1n) is 8.99. The van der Waals surface area contributed by atoms with Crippen LogP contribution in [0.3, 0.4) is 0 Å². The van der Waals surface area contributed by atoms with E-state index >= 15 is 0 Å². The Morgan fingerprint density at radius 1 is 1.04 bits per heavy atom. The summed E-state index contributed by atoms with van der Waals surface area (Å²) in [4.78, 5) is 12.3. The van der Waals surface area contributed by atoms with Gasteiger partial charge in [-0.25, -0.2) is 0 Å². The molecule has 0 saturated carbocycles. The lowest BCUT2D eigenvalue weighted by Gasteiger charge is -2.08. The van der Waals surface area contributed by atoms with E-state index in [4.69, 9.17) is 4.74 Å². The molecule has 1 aromatic heterocycles. The molecule has 0 aliphatic rings. The van der Waals surface area contributed by atoms with Crippen molar-refractivity contribution in [2.75, 3.05) is 11.1 Å². The Hall–Kier alpha value is -2.80. The van der Waals surface area contributed by atoms with Crippen LogP contribution in [0.25, 0.3) is 0 Å². The summed E-state index contributed by atoms with van der Waals surface area (Å²) in [5.74, 6) is 1.68. The lowest BCUT2D eigenvalue weighted by molar-refractivity contribution is -0.113. The minimum absolute atomic E-state index is 0.0737. The fourth-order valence-electron chi connectivity index (χ4n) is 2.75. The molecule has 1 amide bonds. The molecule has 7 heteroatoms. The fraction of sp³-hybridized carbons (Fsp3) is 0.286. The van der Waals surface area contributed by atoms with E-state index < -0.39 is 0 Å². The summed E-state index contributed by atoms with van der Waals surface area (Å²) < 4.78 is 7.61. The fourth-order valence-corrected chi connectivity index (χ4v) is 3.48. The van der Waals surface area contributed by atoms with Crippen molar-refractivity contribution >= 4 is 23.4 Å². The quantitative estimate of drug-likeness (QED) is 0.610. The van der Waals surface area contributed by atoms with Crippen LogP contribution >= 0.6 is 11.8 Å². The highest BCUT2D eigenvalue weighted by Crippen LogP contribution is 2.19. The van der Waals surface area contributed by atoms with E-state index in [9.17, 15) is 4.79 Å². The van der Waals surface area contributed by atoms with Gasteiger partial charge in [0.2, 0.25) is 5.91 Å². The summed E-state index contributed by atoms with van der Waals surface area (Å²) in [6.45, 7) is 6.38. The number of nitrogens with zero attached hydrogens (tertiary/aromatic N) is 3. The molecule has 0 saturated heterocycles. The molecule has 1 N–H and O–H groups in total. The van der Waals surface area contributed by atoms with E-state index in [-0.39, 0.29) is 11.7 Å². The molecule has 0 radical (unpaired) electrons. The van der Waals surface area contributed by atoms with E-state index in [1.807, 2.05) is 68.8 Å². The lowest BCUT2D eigenvalue weighted by Crippen LogP contribution is -2.14. The van der Waals surface area contributed by atoms with Crippen LogP contribution in [-0.2, 0) is 18.4 Å². The van der Waals surface area contributed by atoms with E-state index in [0.29, 0.717) is 17.6 Å². The molecule has 0 atom stereocenters. The van der Waals surface area contributed by atoms with Crippen molar-refractivity contribution < 1.29 is 9.53 Å². The zero-order valence-electron chi connectivity index (χ0n) is 16.5. The number of thioether (sulfide) groups is 1. The number of aryl methyl sites for hydroxylation is 3. The molecule has 3 aromatic rings. The van der Waals surface area contributed by atoms with Crippen LogP contribution < -0.4 is 10.1 Å². The number of hydrogen-bond acceptors (Lipinski definition) is 5. The second-order valence-corrected chi connectivity index (χ2v) is 7.72. The van der Waals surface area contributed by atoms with Crippen LogP contribution in [0.5, 0.6) is 5.75 Å². The predicted octanol–water partition coefficient (Wildman–Crippen LogP) is 4.05. The van der Waals surface area contributed by atoms with Crippen LogP contribution in [0.2, 0.25) is 0 Å². The van der Waals surface area contributed by atoms with Gasteiger partial charge in [0.25, 0.3) is 0 Å². The van der Waals surface area contributed by atoms with Crippen LogP contribution in [0.4, 0.5) is 5.69 Å². The maximum Gasteiger partial charge on any atom is 0.234 e. The summed E-state index contributed by atoms with van der Waals surface area (Å²) in [6.07, 6.45) is 0. The summed E-state index contributed by atoms with van der Waals surface area (Å²) >= 11 is 1.35. The maximum atomic E-state index is 12.3. The number of anilines is 1. The van der Waals surface area contributed by atoms with Gasteiger partial charge in [-0.2, -0.15) is 0 Å². The van der Waals surface area contributed by atoms with Gasteiger partial charge >= 0.3 is 0 Å². The number of rotatable bonds is 7. The Morgan fingerprint density at radius 3 is 2.39 bits per heavy atom. The maximum absolute atomic E-state index is 12.3. The summed E-state index contributed by atoms with van der Waals surface area (Å²) in [6, 6.07) is 13.8. The minimum Gasteiger partial charge on any atom is -0.486 e. The van der Waals surface area contributed by atoms with Crippen molar-refractivity contribution in [3.63, 3.8) is 0 Å². The molecule has 0 aliphatic heterocycles. The standard InChI is InChI=1S/C21H24N4O2S/c1-14-5-7-18(8-6-14)27-12-19-23-24-21(25(19)4)28-13-20(26)22-17-10-15(2)9-16(3)11-17/h5-11H,12-13H2,1-4H3,(H,22,26). The first-order chi connectivity index (χ1) is 13.4. The molecule has 146 valence electrons. The van der Waals surface area contributed by atoms with Gasteiger partial charge in [-0.05, 0) is 56.2 Å². The van der Waals surface area contributed by atoms with Crippen molar-refractivity contribution in [1.82, 2.24) is 14.8 Å². The van der Waals surface area contributed by atoms with Gasteiger partial charge < -0.3 is 14.6 Å². The second kappa shape index (κ2) is 8.93. The molecule has 1 heterocycles. The highest BCUT2D eigenvalue weighted by molar-refractivity contribution is 7.99. The predicted molar refractivity (Wildman–Crippen MR) is 112 cm³/mol.